The minimum absolute atomic E-state index is 0.0137. The van der Waals surface area contributed by atoms with Crippen molar-refractivity contribution < 1.29 is 8.42 Å². The van der Waals surface area contributed by atoms with E-state index < -0.39 is 10.0 Å². The maximum absolute atomic E-state index is 11.4. The van der Waals surface area contributed by atoms with E-state index in [4.69, 9.17) is 5.14 Å². The van der Waals surface area contributed by atoms with Gasteiger partial charge in [0, 0.05) is 5.56 Å². The Kier molecular flexibility index (Phi) is 3.23. The Bertz CT molecular complexity index is 642. The van der Waals surface area contributed by atoms with Crippen molar-refractivity contribution in [1.29, 1.82) is 0 Å². The SMILES string of the molecule is CC(C)c1ccc(-c2[nH]ncc2S(N)(=O)=O)cc1. The first kappa shape index (κ1) is 12.8. The number of nitrogens with one attached hydrogen (secondary N) is 1. The highest BCUT2D eigenvalue weighted by Crippen LogP contribution is 2.25. The molecule has 0 unspecified atom stereocenters. The van der Waals surface area contributed by atoms with Crippen molar-refractivity contribution >= 4 is 10.0 Å². The third-order valence-electron chi connectivity index (χ3n) is 2.78. The Labute approximate surface area is 106 Å². The fourth-order valence-electron chi connectivity index (χ4n) is 1.73. The van der Waals surface area contributed by atoms with Gasteiger partial charge in [0.15, 0.2) is 0 Å². The van der Waals surface area contributed by atoms with E-state index in [9.17, 15) is 8.42 Å². The largest absolute Gasteiger partial charge is 0.276 e. The quantitative estimate of drug-likeness (QED) is 0.887. The molecule has 2 aromatic rings. The highest BCUT2D eigenvalue weighted by atomic mass is 32.2. The van der Waals surface area contributed by atoms with Gasteiger partial charge >= 0.3 is 0 Å². The molecule has 0 amide bonds. The average molecular weight is 265 g/mol. The second kappa shape index (κ2) is 4.55. The van der Waals surface area contributed by atoms with Gasteiger partial charge in [0.1, 0.15) is 4.90 Å². The molecule has 6 heteroatoms. The van der Waals surface area contributed by atoms with Gasteiger partial charge < -0.3 is 0 Å². The summed E-state index contributed by atoms with van der Waals surface area (Å²) in [4.78, 5) is 0.0137. The molecule has 0 aliphatic heterocycles. The number of nitrogens with zero attached hydrogens (tertiary/aromatic N) is 1. The first-order chi connectivity index (χ1) is 8.39. The predicted molar refractivity (Wildman–Crippen MR) is 69.5 cm³/mol. The maximum Gasteiger partial charge on any atom is 0.241 e. The second-order valence-corrected chi connectivity index (χ2v) is 5.96. The molecule has 0 atom stereocenters. The first-order valence-corrected chi connectivity index (χ1v) is 7.10. The Morgan fingerprint density at radius 2 is 1.83 bits per heavy atom. The van der Waals surface area contributed by atoms with Crippen LogP contribution in [0, 0.1) is 0 Å². The molecule has 1 heterocycles. The summed E-state index contributed by atoms with van der Waals surface area (Å²) in [6, 6.07) is 7.65. The average Bonchev–Trinajstić information content (AvgIpc) is 2.77. The molecule has 0 fully saturated rings. The van der Waals surface area contributed by atoms with Crippen LogP contribution in [-0.4, -0.2) is 18.6 Å². The molecule has 5 nitrogen and oxygen atoms in total. The van der Waals surface area contributed by atoms with Gasteiger partial charge in [0.2, 0.25) is 10.0 Å². The van der Waals surface area contributed by atoms with E-state index in [0.29, 0.717) is 11.6 Å². The lowest BCUT2D eigenvalue weighted by atomic mass is 10.0. The number of aromatic nitrogens is 2. The van der Waals surface area contributed by atoms with E-state index in [-0.39, 0.29) is 4.90 Å². The van der Waals surface area contributed by atoms with Gasteiger partial charge in [-0.05, 0) is 11.5 Å². The Balaban J connectivity index is 2.47. The van der Waals surface area contributed by atoms with Gasteiger partial charge in [0.05, 0.1) is 11.9 Å². The molecule has 0 aliphatic carbocycles. The topological polar surface area (TPSA) is 88.8 Å². The van der Waals surface area contributed by atoms with Gasteiger partial charge in [-0.1, -0.05) is 38.1 Å². The lowest BCUT2D eigenvalue weighted by molar-refractivity contribution is 0.598. The van der Waals surface area contributed by atoms with Crippen LogP contribution in [0.3, 0.4) is 0 Å². The first-order valence-electron chi connectivity index (χ1n) is 5.56. The highest BCUT2D eigenvalue weighted by molar-refractivity contribution is 7.89. The van der Waals surface area contributed by atoms with Crippen LogP contribution in [0.1, 0.15) is 25.3 Å². The third-order valence-corrected chi connectivity index (χ3v) is 3.70. The number of rotatable bonds is 3. The molecule has 0 saturated heterocycles. The summed E-state index contributed by atoms with van der Waals surface area (Å²) in [7, 11) is -3.76. The number of hydrogen-bond acceptors (Lipinski definition) is 3. The molecule has 0 spiro atoms. The third kappa shape index (κ3) is 2.44. The molecule has 0 bridgehead atoms. The smallest absolute Gasteiger partial charge is 0.241 e. The Hall–Kier alpha value is -1.66. The van der Waals surface area contributed by atoms with E-state index in [1.165, 1.54) is 11.8 Å². The van der Waals surface area contributed by atoms with Gasteiger partial charge in [0.25, 0.3) is 0 Å². The van der Waals surface area contributed by atoms with Crippen molar-refractivity contribution in [2.24, 2.45) is 5.14 Å². The number of H-pyrrole nitrogens is 1. The monoisotopic (exact) mass is 265 g/mol. The zero-order chi connectivity index (χ0) is 13.3. The van der Waals surface area contributed by atoms with E-state index in [1.807, 2.05) is 24.3 Å². The summed E-state index contributed by atoms with van der Waals surface area (Å²) in [6.45, 7) is 4.20. The molecule has 96 valence electrons. The summed E-state index contributed by atoms with van der Waals surface area (Å²) < 4.78 is 22.8. The number of aromatic amines is 1. The molecule has 0 aliphatic rings. The van der Waals surface area contributed by atoms with E-state index in [0.717, 1.165) is 5.56 Å². The van der Waals surface area contributed by atoms with E-state index >= 15 is 0 Å². The molecule has 0 saturated carbocycles. The van der Waals surface area contributed by atoms with E-state index in [1.54, 1.807) is 0 Å². The lowest BCUT2D eigenvalue weighted by Crippen LogP contribution is -2.12. The van der Waals surface area contributed by atoms with Crippen molar-refractivity contribution in [3.63, 3.8) is 0 Å². The van der Waals surface area contributed by atoms with Crippen LogP contribution in [0.2, 0.25) is 0 Å². The molecule has 3 N–H and O–H groups in total. The van der Waals surface area contributed by atoms with Crippen LogP contribution in [-0.2, 0) is 10.0 Å². The molecular weight excluding hydrogens is 250 g/mol. The summed E-state index contributed by atoms with van der Waals surface area (Å²) in [6.07, 6.45) is 1.22. The van der Waals surface area contributed by atoms with Crippen molar-refractivity contribution in [2.45, 2.75) is 24.7 Å². The lowest BCUT2D eigenvalue weighted by Gasteiger charge is -2.06. The molecular formula is C12H15N3O2S. The maximum atomic E-state index is 11.4. The molecule has 18 heavy (non-hydrogen) atoms. The molecule has 1 aromatic heterocycles. The minimum Gasteiger partial charge on any atom is -0.276 e. The fourth-order valence-corrected chi connectivity index (χ4v) is 2.38. The van der Waals surface area contributed by atoms with Crippen molar-refractivity contribution in [3.8, 4) is 11.3 Å². The van der Waals surface area contributed by atoms with Gasteiger partial charge in [-0.2, -0.15) is 5.10 Å². The Morgan fingerprint density at radius 1 is 1.22 bits per heavy atom. The number of nitrogens with two attached hydrogens (primary N) is 1. The highest BCUT2D eigenvalue weighted by Gasteiger charge is 2.17. The minimum atomic E-state index is -3.76. The number of primary sulfonamides is 1. The normalized spacial score (nSPS) is 12.0. The summed E-state index contributed by atoms with van der Waals surface area (Å²) in [5.41, 5.74) is 2.36. The van der Waals surface area contributed by atoms with Gasteiger partial charge in [-0.3, -0.25) is 5.10 Å². The van der Waals surface area contributed by atoms with Crippen LogP contribution in [0.15, 0.2) is 35.4 Å². The standard InChI is InChI=1S/C12H15N3O2S/c1-8(2)9-3-5-10(6-4-9)12-11(7-14-15-12)18(13,16)17/h3-8H,1-2H3,(H,14,15)(H2,13,16,17). The van der Waals surface area contributed by atoms with Crippen LogP contribution < -0.4 is 5.14 Å². The number of sulfonamides is 1. The van der Waals surface area contributed by atoms with Crippen molar-refractivity contribution in [2.75, 3.05) is 0 Å². The van der Waals surface area contributed by atoms with Crippen LogP contribution >= 0.6 is 0 Å². The van der Waals surface area contributed by atoms with Crippen LogP contribution in [0.25, 0.3) is 11.3 Å². The van der Waals surface area contributed by atoms with Crippen molar-refractivity contribution in [3.05, 3.63) is 36.0 Å². The molecule has 1 aromatic carbocycles. The zero-order valence-electron chi connectivity index (χ0n) is 10.2. The second-order valence-electron chi connectivity index (χ2n) is 4.43. The van der Waals surface area contributed by atoms with Gasteiger partial charge in [-0.25, -0.2) is 13.6 Å². The number of benzene rings is 1. The Morgan fingerprint density at radius 3 is 2.33 bits per heavy atom. The fraction of sp³-hybridized carbons (Fsp3) is 0.250. The summed E-state index contributed by atoms with van der Waals surface area (Å²) >= 11 is 0. The summed E-state index contributed by atoms with van der Waals surface area (Å²) in [5.74, 6) is 0.429. The molecule has 0 radical (unpaired) electrons. The van der Waals surface area contributed by atoms with Crippen LogP contribution in [0.5, 0.6) is 0 Å². The van der Waals surface area contributed by atoms with Crippen molar-refractivity contribution in [1.82, 2.24) is 10.2 Å². The van der Waals surface area contributed by atoms with E-state index in [2.05, 4.69) is 24.0 Å². The molecule has 2 rings (SSSR count). The zero-order valence-corrected chi connectivity index (χ0v) is 11.0. The summed E-state index contributed by atoms with van der Waals surface area (Å²) in [5, 5.41) is 11.5. The predicted octanol–water partition coefficient (Wildman–Crippen LogP) is 1.85. The van der Waals surface area contributed by atoms with Gasteiger partial charge in [-0.15, -0.1) is 0 Å². The van der Waals surface area contributed by atoms with Crippen LogP contribution in [0.4, 0.5) is 0 Å². The number of hydrogen-bond donors (Lipinski definition) is 2.